The Morgan fingerprint density at radius 1 is 0.149 bits per heavy atom. The van der Waals surface area contributed by atoms with E-state index in [1.807, 2.05) is 0 Å². The topological polar surface area (TPSA) is 19.7 Å². The van der Waals surface area contributed by atoms with Crippen LogP contribution in [0.4, 0.5) is 0 Å². The largest absolute Gasteiger partial charge is 0.309 e. The van der Waals surface area contributed by atoms with E-state index in [4.69, 9.17) is 0 Å². The van der Waals surface area contributed by atoms with Gasteiger partial charge in [-0.2, -0.15) is 0 Å². The molecule has 624 valence electrons. The summed E-state index contributed by atoms with van der Waals surface area (Å²) in [6.45, 7) is 0. The fourth-order valence-electron chi connectivity index (χ4n) is 23.4. The molecule has 4 aromatic heterocycles. The molecule has 4 nitrogen and oxygen atoms in total. The Hall–Kier alpha value is -17.4. The van der Waals surface area contributed by atoms with Crippen LogP contribution in [0.15, 0.2) is 510 Å². The fourth-order valence-corrected chi connectivity index (χ4v) is 23.4. The summed E-state index contributed by atoms with van der Waals surface area (Å²) in [5.74, 6) is 0. The molecule has 2 aliphatic rings. The average molecular weight is 1700 g/mol. The van der Waals surface area contributed by atoms with Crippen molar-refractivity contribution < 1.29 is 0 Å². The molecule has 2 aliphatic carbocycles. The standard InChI is InChI=1S/2C65H42N2/c1-4-16-43(17-5-1)45-28-33-51(34-29-45)66-59-27-15-13-24-53(59)55-41-47(31-37-60(55)66)48-32-38-61-56(42-48)64-62(67(61)52-35-30-44-18-10-11-19-46(44)40-52)39-36-58-63(64)54-25-12-14-26-57(54)65(58,49-20-6-2-7-21-49)50-22-8-3-9-23-50;1-4-16-43(17-5-1)45-28-33-51(34-29-45)66-59-27-15-13-25-54(59)56-41-47(31-37-60(56)66)48-32-38-61-57(42-48)63-62(67(61)52-35-30-44-18-10-11-19-46(44)40-52)39-36-55-53-24-12-14-26-58(53)65(64(55)63,49-20-6-2-7-21-49)50-22-8-3-9-23-50/h2*1-42H. The number of hydrogen-bond acceptors (Lipinski definition) is 0. The molecule has 26 aromatic rings. The van der Waals surface area contributed by atoms with Crippen molar-refractivity contribution >= 4 is 109 Å². The third-order valence-corrected chi connectivity index (χ3v) is 29.1. The van der Waals surface area contributed by atoms with Crippen LogP contribution >= 0.6 is 0 Å². The molecular weight excluding hydrogens is 1620 g/mol. The molecular formula is C130H84N4. The third kappa shape index (κ3) is 11.6. The smallest absolute Gasteiger partial charge is 0.0720 e. The van der Waals surface area contributed by atoms with Crippen molar-refractivity contribution in [2.75, 3.05) is 0 Å². The summed E-state index contributed by atoms with van der Waals surface area (Å²) in [6.07, 6.45) is 0. The second kappa shape index (κ2) is 30.6. The molecule has 0 amide bonds. The van der Waals surface area contributed by atoms with Crippen LogP contribution in [0.25, 0.3) is 198 Å². The zero-order valence-electron chi connectivity index (χ0n) is 73.3. The summed E-state index contributed by atoms with van der Waals surface area (Å²) >= 11 is 0. The molecule has 0 spiro atoms. The summed E-state index contributed by atoms with van der Waals surface area (Å²) in [7, 11) is 0. The van der Waals surface area contributed by atoms with Crippen LogP contribution in [-0.4, -0.2) is 18.3 Å². The summed E-state index contributed by atoms with van der Waals surface area (Å²) in [5, 5.41) is 14.9. The van der Waals surface area contributed by atoms with Gasteiger partial charge in [0.1, 0.15) is 0 Å². The Labute approximate surface area is 776 Å². The van der Waals surface area contributed by atoms with Crippen LogP contribution in [0.3, 0.4) is 0 Å². The van der Waals surface area contributed by atoms with Gasteiger partial charge < -0.3 is 18.3 Å². The van der Waals surface area contributed by atoms with Gasteiger partial charge in [-0.3, -0.25) is 0 Å². The van der Waals surface area contributed by atoms with Crippen molar-refractivity contribution in [3.05, 3.63) is 554 Å². The van der Waals surface area contributed by atoms with Crippen LogP contribution in [0, 0.1) is 0 Å². The lowest BCUT2D eigenvalue weighted by atomic mass is 9.67. The first kappa shape index (κ1) is 76.6. The first-order chi connectivity index (χ1) is 66.5. The highest BCUT2D eigenvalue weighted by atomic mass is 15.0. The minimum Gasteiger partial charge on any atom is -0.309 e. The number of rotatable bonds is 12. The Morgan fingerprint density at radius 2 is 0.455 bits per heavy atom. The van der Waals surface area contributed by atoms with Gasteiger partial charge in [0.2, 0.25) is 0 Å². The molecule has 0 N–H and O–H groups in total. The monoisotopic (exact) mass is 1700 g/mol. The van der Waals surface area contributed by atoms with E-state index >= 15 is 0 Å². The number of fused-ring (bicyclic) bond motifs is 22. The Morgan fingerprint density at radius 3 is 0.918 bits per heavy atom. The van der Waals surface area contributed by atoms with Gasteiger partial charge in [-0.15, -0.1) is 0 Å². The van der Waals surface area contributed by atoms with Crippen molar-refractivity contribution in [2.24, 2.45) is 0 Å². The number of para-hydroxylation sites is 2. The second-order valence-corrected chi connectivity index (χ2v) is 36.0. The normalized spacial score (nSPS) is 12.9. The average Bonchev–Trinajstić information content (AvgIpc) is 1.52. The summed E-state index contributed by atoms with van der Waals surface area (Å²) < 4.78 is 9.83. The molecule has 0 fully saturated rings. The Bertz CT molecular complexity index is 9120. The van der Waals surface area contributed by atoms with E-state index in [-0.39, 0.29) is 0 Å². The first-order valence-electron chi connectivity index (χ1n) is 46.5. The minimum absolute atomic E-state index is 0.501. The predicted molar refractivity (Wildman–Crippen MR) is 562 cm³/mol. The first-order valence-corrected chi connectivity index (χ1v) is 46.5. The highest BCUT2D eigenvalue weighted by molar-refractivity contribution is 6.21. The summed E-state index contributed by atoms with van der Waals surface area (Å²) in [5.41, 5.74) is 38.2. The van der Waals surface area contributed by atoms with E-state index < -0.39 is 10.8 Å². The number of nitrogens with zero attached hydrogens (tertiary/aromatic N) is 4. The van der Waals surface area contributed by atoms with Crippen molar-refractivity contribution in [1.82, 2.24) is 18.3 Å². The molecule has 28 rings (SSSR count). The maximum absolute atomic E-state index is 2.50. The van der Waals surface area contributed by atoms with E-state index in [9.17, 15) is 0 Å². The van der Waals surface area contributed by atoms with Crippen LogP contribution in [0.5, 0.6) is 0 Å². The van der Waals surface area contributed by atoms with Crippen molar-refractivity contribution in [1.29, 1.82) is 0 Å². The number of benzene rings is 22. The zero-order chi connectivity index (χ0) is 88.1. The van der Waals surface area contributed by atoms with E-state index in [1.54, 1.807) is 0 Å². The molecule has 0 atom stereocenters. The van der Waals surface area contributed by atoms with E-state index in [0.717, 1.165) is 22.7 Å². The lowest BCUT2D eigenvalue weighted by Gasteiger charge is -2.34. The van der Waals surface area contributed by atoms with Gasteiger partial charge >= 0.3 is 0 Å². The van der Waals surface area contributed by atoms with Crippen LogP contribution in [0.1, 0.15) is 44.5 Å². The molecule has 22 aromatic carbocycles. The third-order valence-electron chi connectivity index (χ3n) is 29.1. The maximum Gasteiger partial charge on any atom is 0.0720 e. The number of aromatic nitrogens is 4. The quantitative estimate of drug-likeness (QED) is 0.116. The molecule has 0 radical (unpaired) electrons. The minimum atomic E-state index is -0.563. The van der Waals surface area contributed by atoms with Gasteiger partial charge in [-0.25, -0.2) is 0 Å². The van der Waals surface area contributed by atoms with Gasteiger partial charge in [0.15, 0.2) is 0 Å². The second-order valence-electron chi connectivity index (χ2n) is 36.0. The molecule has 0 saturated carbocycles. The molecule has 0 bridgehead atoms. The van der Waals surface area contributed by atoms with Gasteiger partial charge in [0, 0.05) is 65.8 Å². The molecule has 0 saturated heterocycles. The zero-order valence-corrected chi connectivity index (χ0v) is 73.3. The van der Waals surface area contributed by atoms with Gasteiger partial charge in [-0.05, 0) is 254 Å². The van der Waals surface area contributed by atoms with Gasteiger partial charge in [-0.1, -0.05) is 388 Å². The molecule has 4 heteroatoms. The van der Waals surface area contributed by atoms with Crippen molar-refractivity contribution in [3.63, 3.8) is 0 Å². The van der Waals surface area contributed by atoms with Crippen molar-refractivity contribution in [3.8, 4) is 89.5 Å². The summed E-state index contributed by atoms with van der Waals surface area (Å²) in [4.78, 5) is 0. The highest BCUT2D eigenvalue weighted by Gasteiger charge is 2.49. The van der Waals surface area contributed by atoms with Gasteiger partial charge in [0.05, 0.1) is 55.0 Å². The van der Waals surface area contributed by atoms with E-state index in [2.05, 4.69) is 528 Å². The fraction of sp³-hybridized carbons (Fsp3) is 0.0154. The molecule has 0 aliphatic heterocycles. The van der Waals surface area contributed by atoms with Crippen LogP contribution in [-0.2, 0) is 10.8 Å². The SMILES string of the molecule is c1ccc(-c2ccc(-n3c4ccccc4c4cc(-c5ccc6c(c5)c5c7c(ccc5n6-c5ccc6ccccc6c5)-c5ccccc5C7(c5ccccc5)c5ccccc5)ccc43)cc2)cc1.c1ccc(-c2ccc(-n3c4ccccc4c4cc(-c5ccc6c(c5)c5c7c(ccc5n6-c5ccc6ccccc6c5)C(c5ccccc5)(c5ccccc5)c5ccccc5-7)ccc43)cc2)cc1. The number of hydrogen-bond donors (Lipinski definition) is 0. The van der Waals surface area contributed by atoms with Crippen LogP contribution < -0.4 is 0 Å². The molecule has 4 heterocycles. The van der Waals surface area contributed by atoms with E-state index in [0.29, 0.717) is 0 Å². The molecule has 0 unspecified atom stereocenters. The Kier molecular flexibility index (Phi) is 17.5. The molecule has 134 heavy (non-hydrogen) atoms. The predicted octanol–water partition coefficient (Wildman–Crippen LogP) is 33.5. The maximum atomic E-state index is 2.50. The van der Waals surface area contributed by atoms with Gasteiger partial charge in [0.25, 0.3) is 0 Å². The Balaban J connectivity index is 0.000000136. The van der Waals surface area contributed by atoms with E-state index in [1.165, 1.54) is 220 Å². The van der Waals surface area contributed by atoms with Crippen LogP contribution in [0.2, 0.25) is 0 Å². The lowest BCUT2D eigenvalue weighted by Crippen LogP contribution is -2.28. The van der Waals surface area contributed by atoms with Crippen molar-refractivity contribution in [2.45, 2.75) is 10.8 Å². The summed E-state index contributed by atoms with van der Waals surface area (Å²) in [6, 6.07) is 189. The highest BCUT2D eigenvalue weighted by Crippen LogP contribution is 2.62. The lowest BCUT2D eigenvalue weighted by molar-refractivity contribution is 0.769.